The summed E-state index contributed by atoms with van der Waals surface area (Å²) in [6.07, 6.45) is -4.96. The second kappa shape index (κ2) is 9.68. The maximum Gasteiger partial charge on any atom is 0.471 e. The van der Waals surface area contributed by atoms with Crippen LogP contribution in [-0.4, -0.2) is 46.2 Å². The van der Waals surface area contributed by atoms with Crippen LogP contribution < -0.4 is 10.6 Å². The van der Waals surface area contributed by atoms with E-state index in [9.17, 15) is 42.5 Å². The minimum Gasteiger partial charge on any atom is -0.352 e. The Balaban J connectivity index is 1.48. The van der Waals surface area contributed by atoms with Gasteiger partial charge in [-0.25, -0.2) is 0 Å². The van der Waals surface area contributed by atoms with Gasteiger partial charge in [0.25, 0.3) is 17.5 Å². The summed E-state index contributed by atoms with van der Waals surface area (Å²) >= 11 is 0. The van der Waals surface area contributed by atoms with Crippen molar-refractivity contribution in [1.82, 2.24) is 10.2 Å². The maximum atomic E-state index is 12.4. The van der Waals surface area contributed by atoms with Crippen LogP contribution in [-0.2, 0) is 16.1 Å². The summed E-state index contributed by atoms with van der Waals surface area (Å²) in [5, 5.41) is 15.1. The van der Waals surface area contributed by atoms with E-state index >= 15 is 0 Å². The monoisotopic (exact) mass is 478 g/mol. The predicted octanol–water partition coefficient (Wildman–Crippen LogP) is 2.79. The lowest BCUT2D eigenvalue weighted by Gasteiger charge is -2.13. The summed E-state index contributed by atoms with van der Waals surface area (Å²) in [7, 11) is 0. The van der Waals surface area contributed by atoms with Crippen LogP contribution in [0.5, 0.6) is 0 Å². The average molecular weight is 478 g/mol. The number of carbonyl (C=O) groups is 4. The van der Waals surface area contributed by atoms with Gasteiger partial charge in [-0.15, -0.1) is 0 Å². The SMILES string of the molecule is O=C(CCCN1C(=O)c2ccc([N+](=O)[O-])cc2C1=O)NCc1cccc(NC(=O)C(F)(F)F)c1. The summed E-state index contributed by atoms with van der Waals surface area (Å²) < 4.78 is 37.1. The number of non-ortho nitro benzene ring substituents is 1. The third-order valence-electron chi connectivity index (χ3n) is 4.88. The van der Waals surface area contributed by atoms with E-state index in [-0.39, 0.29) is 48.4 Å². The Morgan fingerprint density at radius 3 is 2.41 bits per heavy atom. The number of benzene rings is 2. The van der Waals surface area contributed by atoms with E-state index in [0.717, 1.165) is 17.0 Å². The third-order valence-corrected chi connectivity index (χ3v) is 4.88. The first-order chi connectivity index (χ1) is 16.0. The highest BCUT2D eigenvalue weighted by Crippen LogP contribution is 2.27. The van der Waals surface area contributed by atoms with Crippen LogP contribution in [0.1, 0.15) is 39.1 Å². The highest BCUT2D eigenvalue weighted by atomic mass is 19.4. The molecule has 2 aromatic rings. The summed E-state index contributed by atoms with van der Waals surface area (Å²) in [6, 6.07) is 8.89. The van der Waals surface area contributed by atoms with Gasteiger partial charge in [-0.05, 0) is 30.2 Å². The van der Waals surface area contributed by atoms with Gasteiger partial charge in [-0.3, -0.25) is 34.2 Å². The van der Waals surface area contributed by atoms with Crippen molar-refractivity contribution in [2.24, 2.45) is 0 Å². The van der Waals surface area contributed by atoms with Crippen LogP contribution in [0.2, 0.25) is 0 Å². The number of anilines is 1. The Bertz CT molecular complexity index is 1180. The van der Waals surface area contributed by atoms with Crippen LogP contribution in [0.3, 0.4) is 0 Å². The van der Waals surface area contributed by atoms with Crippen LogP contribution in [0.4, 0.5) is 24.5 Å². The van der Waals surface area contributed by atoms with Crippen molar-refractivity contribution in [1.29, 1.82) is 0 Å². The summed E-state index contributed by atoms with van der Waals surface area (Å²) in [4.78, 5) is 59.0. The highest BCUT2D eigenvalue weighted by molar-refractivity contribution is 6.21. The van der Waals surface area contributed by atoms with Crippen molar-refractivity contribution in [3.8, 4) is 0 Å². The Hall–Kier alpha value is -4.29. The Kier molecular flexibility index (Phi) is 6.94. The van der Waals surface area contributed by atoms with Gasteiger partial charge in [0.15, 0.2) is 0 Å². The molecule has 1 aliphatic heterocycles. The molecule has 0 radical (unpaired) electrons. The zero-order valence-corrected chi connectivity index (χ0v) is 17.3. The number of amides is 4. The van der Waals surface area contributed by atoms with E-state index < -0.39 is 34.7 Å². The van der Waals surface area contributed by atoms with Gasteiger partial charge in [0.2, 0.25) is 5.91 Å². The lowest BCUT2D eigenvalue weighted by atomic mass is 10.1. The molecule has 0 saturated carbocycles. The van der Waals surface area contributed by atoms with Crippen molar-refractivity contribution in [2.45, 2.75) is 25.6 Å². The number of halogens is 3. The van der Waals surface area contributed by atoms with E-state index in [2.05, 4.69) is 5.32 Å². The van der Waals surface area contributed by atoms with E-state index in [0.29, 0.717) is 5.56 Å². The molecule has 0 aromatic heterocycles. The lowest BCUT2D eigenvalue weighted by molar-refractivity contribution is -0.384. The average Bonchev–Trinajstić information content (AvgIpc) is 3.01. The number of nitro groups is 1. The number of imide groups is 1. The topological polar surface area (TPSA) is 139 Å². The quantitative estimate of drug-likeness (QED) is 0.340. The molecule has 3 rings (SSSR count). The summed E-state index contributed by atoms with van der Waals surface area (Å²) in [5.41, 5.74) is 0.0251. The number of carbonyl (C=O) groups excluding carboxylic acids is 4. The largest absolute Gasteiger partial charge is 0.471 e. The molecule has 0 atom stereocenters. The van der Waals surface area contributed by atoms with Gasteiger partial charge in [0.1, 0.15) is 0 Å². The molecule has 0 unspecified atom stereocenters. The van der Waals surface area contributed by atoms with Crippen molar-refractivity contribution >= 4 is 35.0 Å². The van der Waals surface area contributed by atoms with Crippen LogP contribution in [0, 0.1) is 10.1 Å². The highest BCUT2D eigenvalue weighted by Gasteiger charge is 2.39. The number of nitrogens with zero attached hydrogens (tertiary/aromatic N) is 2. The van der Waals surface area contributed by atoms with Gasteiger partial charge in [-0.2, -0.15) is 13.2 Å². The van der Waals surface area contributed by atoms with Crippen molar-refractivity contribution in [2.75, 3.05) is 11.9 Å². The Morgan fingerprint density at radius 2 is 1.74 bits per heavy atom. The number of alkyl halides is 3. The molecule has 1 aliphatic rings. The molecule has 1 heterocycles. The lowest BCUT2D eigenvalue weighted by Crippen LogP contribution is -2.32. The molecule has 0 fully saturated rings. The number of fused-ring (bicyclic) bond motifs is 1. The first-order valence-electron chi connectivity index (χ1n) is 9.86. The number of rotatable bonds is 8. The molecule has 10 nitrogen and oxygen atoms in total. The fourth-order valence-corrected chi connectivity index (χ4v) is 3.24. The fraction of sp³-hybridized carbons (Fsp3) is 0.238. The van der Waals surface area contributed by atoms with Crippen molar-refractivity contribution < 1.29 is 37.3 Å². The van der Waals surface area contributed by atoms with Crippen molar-refractivity contribution in [3.05, 3.63) is 69.3 Å². The molecule has 0 spiro atoms. The molecular weight excluding hydrogens is 461 g/mol. The van der Waals surface area contributed by atoms with Gasteiger partial charge >= 0.3 is 12.1 Å². The van der Waals surface area contributed by atoms with Crippen LogP contribution in [0.15, 0.2) is 42.5 Å². The second-order valence-corrected chi connectivity index (χ2v) is 7.28. The molecule has 0 bridgehead atoms. The minimum absolute atomic E-state index is 0.0226. The second-order valence-electron chi connectivity index (χ2n) is 7.28. The van der Waals surface area contributed by atoms with Crippen LogP contribution >= 0.6 is 0 Å². The van der Waals surface area contributed by atoms with E-state index in [4.69, 9.17) is 0 Å². The van der Waals surface area contributed by atoms with Crippen LogP contribution in [0.25, 0.3) is 0 Å². The zero-order chi connectivity index (χ0) is 25.0. The van der Waals surface area contributed by atoms with E-state index in [1.807, 2.05) is 0 Å². The van der Waals surface area contributed by atoms with Gasteiger partial charge < -0.3 is 10.6 Å². The molecule has 2 aromatic carbocycles. The standard InChI is InChI=1S/C21H17F3N4O6/c22-21(23,24)20(32)26-13-4-1-3-12(9-13)11-25-17(29)5-2-8-27-18(30)15-7-6-14(28(33)34)10-16(15)19(27)31/h1,3-4,6-7,9-10H,2,5,8,11H2,(H,25,29)(H,26,32). The first-order valence-corrected chi connectivity index (χ1v) is 9.86. The normalized spacial score (nSPS) is 13.0. The molecule has 2 N–H and O–H groups in total. The third kappa shape index (κ3) is 5.54. The van der Waals surface area contributed by atoms with E-state index in [1.165, 1.54) is 24.3 Å². The number of nitro benzene ring substituents is 1. The smallest absolute Gasteiger partial charge is 0.352 e. The van der Waals surface area contributed by atoms with Gasteiger partial charge in [0.05, 0.1) is 16.1 Å². The minimum atomic E-state index is -5.03. The zero-order valence-electron chi connectivity index (χ0n) is 17.3. The van der Waals surface area contributed by atoms with Gasteiger partial charge in [0, 0.05) is 37.3 Å². The number of nitrogens with one attached hydrogen (secondary N) is 2. The molecular formula is C21H17F3N4O6. The summed E-state index contributed by atoms with van der Waals surface area (Å²) in [6.45, 7) is -0.0994. The Labute approximate surface area is 189 Å². The molecule has 178 valence electrons. The van der Waals surface area contributed by atoms with Gasteiger partial charge in [-0.1, -0.05) is 12.1 Å². The fourth-order valence-electron chi connectivity index (χ4n) is 3.24. The Morgan fingerprint density at radius 1 is 1.03 bits per heavy atom. The summed E-state index contributed by atoms with van der Waals surface area (Å²) in [5.74, 6) is -3.83. The number of hydrogen-bond acceptors (Lipinski definition) is 6. The molecule has 0 saturated heterocycles. The molecule has 34 heavy (non-hydrogen) atoms. The molecule has 0 aliphatic carbocycles. The first kappa shape index (κ1) is 24.4. The molecule has 13 heteroatoms. The molecule has 4 amide bonds. The van der Waals surface area contributed by atoms with Crippen molar-refractivity contribution in [3.63, 3.8) is 0 Å². The number of hydrogen-bond donors (Lipinski definition) is 2. The van der Waals surface area contributed by atoms with E-state index in [1.54, 1.807) is 11.4 Å². The maximum absolute atomic E-state index is 12.4. The predicted molar refractivity (Wildman–Crippen MR) is 111 cm³/mol.